The van der Waals surface area contributed by atoms with E-state index in [0.717, 1.165) is 30.1 Å². The number of aromatic nitrogens is 1. The Kier molecular flexibility index (Phi) is 6.17. The second kappa shape index (κ2) is 8.12. The van der Waals surface area contributed by atoms with Gasteiger partial charge in [0.25, 0.3) is 5.91 Å². The maximum absolute atomic E-state index is 12.0. The third-order valence-electron chi connectivity index (χ3n) is 2.86. The van der Waals surface area contributed by atoms with Crippen LogP contribution < -0.4 is 10.6 Å². The highest BCUT2D eigenvalue weighted by molar-refractivity contribution is 7.13. The smallest absolute Gasteiger partial charge is 0.270 e. The van der Waals surface area contributed by atoms with Crippen LogP contribution in [0.3, 0.4) is 0 Å². The molecule has 0 spiro atoms. The highest BCUT2D eigenvalue weighted by Crippen LogP contribution is 2.29. The summed E-state index contributed by atoms with van der Waals surface area (Å²) in [4.78, 5) is 16.3. The zero-order chi connectivity index (χ0) is 15.1. The molecule has 2 rings (SSSR count). The van der Waals surface area contributed by atoms with Crippen LogP contribution in [0.5, 0.6) is 0 Å². The number of nitrogens with one attached hydrogen (secondary N) is 2. The van der Waals surface area contributed by atoms with E-state index in [1.165, 1.54) is 11.3 Å². The van der Waals surface area contributed by atoms with Gasteiger partial charge in [-0.05, 0) is 19.0 Å². The van der Waals surface area contributed by atoms with Crippen molar-refractivity contribution in [3.8, 4) is 10.6 Å². The highest BCUT2D eigenvalue weighted by atomic mass is 35.5. The van der Waals surface area contributed by atoms with Crippen molar-refractivity contribution in [2.45, 2.75) is 13.3 Å². The van der Waals surface area contributed by atoms with Crippen LogP contribution in [0.2, 0.25) is 5.02 Å². The second-order valence-electron chi connectivity index (χ2n) is 4.52. The summed E-state index contributed by atoms with van der Waals surface area (Å²) < 4.78 is 0. The molecule has 0 bridgehead atoms. The van der Waals surface area contributed by atoms with Crippen LogP contribution in [-0.4, -0.2) is 30.5 Å². The van der Waals surface area contributed by atoms with Gasteiger partial charge in [0.05, 0.1) is 5.02 Å². The lowest BCUT2D eigenvalue weighted by molar-refractivity contribution is 0.0950. The van der Waals surface area contributed by atoms with Gasteiger partial charge in [0, 0.05) is 24.0 Å². The van der Waals surface area contributed by atoms with Gasteiger partial charge in [-0.1, -0.05) is 36.7 Å². The SMILES string of the molecule is CCCNCCNC(=O)c1csc(-c2ccccc2Cl)n1. The van der Waals surface area contributed by atoms with Crippen LogP contribution in [-0.2, 0) is 0 Å². The van der Waals surface area contributed by atoms with Crippen molar-refractivity contribution >= 4 is 28.8 Å². The molecular formula is C15H18ClN3OS. The molecule has 2 aromatic rings. The summed E-state index contributed by atoms with van der Waals surface area (Å²) in [5.74, 6) is -0.150. The maximum atomic E-state index is 12.0. The third kappa shape index (κ3) is 4.52. The van der Waals surface area contributed by atoms with Gasteiger partial charge in [-0.15, -0.1) is 11.3 Å². The van der Waals surface area contributed by atoms with E-state index in [4.69, 9.17) is 11.6 Å². The van der Waals surface area contributed by atoms with Crippen molar-refractivity contribution in [1.29, 1.82) is 0 Å². The number of hydrogen-bond acceptors (Lipinski definition) is 4. The number of carbonyl (C=O) groups is 1. The summed E-state index contributed by atoms with van der Waals surface area (Å²) >= 11 is 7.56. The molecule has 0 aliphatic heterocycles. The standard InChI is InChI=1S/C15H18ClN3OS/c1-2-7-17-8-9-18-14(20)13-10-21-15(19-13)11-5-3-4-6-12(11)16/h3-6,10,17H,2,7-9H2,1H3,(H,18,20). The quantitative estimate of drug-likeness (QED) is 0.769. The van der Waals surface area contributed by atoms with Gasteiger partial charge in [0.15, 0.2) is 0 Å². The van der Waals surface area contributed by atoms with Crippen LogP contribution >= 0.6 is 22.9 Å². The molecule has 6 heteroatoms. The molecule has 0 aliphatic rings. The Bertz CT molecular complexity index is 600. The molecule has 0 aliphatic carbocycles. The number of nitrogens with zero attached hydrogens (tertiary/aromatic N) is 1. The summed E-state index contributed by atoms with van der Waals surface area (Å²) in [6.07, 6.45) is 1.08. The molecule has 1 heterocycles. The Hall–Kier alpha value is -1.43. The fourth-order valence-electron chi connectivity index (χ4n) is 1.79. The van der Waals surface area contributed by atoms with Crippen molar-refractivity contribution in [2.75, 3.05) is 19.6 Å². The summed E-state index contributed by atoms with van der Waals surface area (Å²) in [5.41, 5.74) is 1.29. The van der Waals surface area contributed by atoms with E-state index >= 15 is 0 Å². The number of halogens is 1. The molecule has 1 aromatic heterocycles. The van der Waals surface area contributed by atoms with E-state index in [2.05, 4.69) is 22.5 Å². The minimum atomic E-state index is -0.150. The average molecular weight is 324 g/mol. The Morgan fingerprint density at radius 3 is 2.86 bits per heavy atom. The first kappa shape index (κ1) is 15.9. The molecule has 21 heavy (non-hydrogen) atoms. The molecular weight excluding hydrogens is 306 g/mol. The first-order chi connectivity index (χ1) is 10.2. The Balaban J connectivity index is 1.94. The number of thiazole rings is 1. The normalized spacial score (nSPS) is 10.6. The highest BCUT2D eigenvalue weighted by Gasteiger charge is 2.12. The summed E-state index contributed by atoms with van der Waals surface area (Å²) in [6, 6.07) is 7.49. The Morgan fingerprint density at radius 2 is 2.10 bits per heavy atom. The van der Waals surface area contributed by atoms with Gasteiger partial charge in [-0.25, -0.2) is 4.98 Å². The maximum Gasteiger partial charge on any atom is 0.270 e. The lowest BCUT2D eigenvalue weighted by Crippen LogP contribution is -2.32. The Labute approximate surface area is 133 Å². The molecule has 0 radical (unpaired) electrons. The van der Waals surface area contributed by atoms with E-state index in [0.29, 0.717) is 17.3 Å². The molecule has 1 aromatic carbocycles. The molecule has 0 unspecified atom stereocenters. The van der Waals surface area contributed by atoms with Crippen LogP contribution in [0, 0.1) is 0 Å². The Morgan fingerprint density at radius 1 is 1.29 bits per heavy atom. The van der Waals surface area contributed by atoms with Crippen LogP contribution in [0.1, 0.15) is 23.8 Å². The van der Waals surface area contributed by atoms with Gasteiger partial charge >= 0.3 is 0 Å². The summed E-state index contributed by atoms with van der Waals surface area (Å²) in [5, 5.41) is 9.24. The van der Waals surface area contributed by atoms with Gasteiger partial charge in [-0.2, -0.15) is 0 Å². The fraction of sp³-hybridized carbons (Fsp3) is 0.333. The molecule has 1 amide bonds. The van der Waals surface area contributed by atoms with E-state index < -0.39 is 0 Å². The summed E-state index contributed by atoms with van der Waals surface area (Å²) in [7, 11) is 0. The predicted octanol–water partition coefficient (Wildman–Crippen LogP) is 3.19. The molecule has 2 N–H and O–H groups in total. The topological polar surface area (TPSA) is 54.0 Å². The van der Waals surface area contributed by atoms with Gasteiger partial charge < -0.3 is 10.6 Å². The van der Waals surface area contributed by atoms with Crippen LogP contribution in [0.15, 0.2) is 29.6 Å². The molecule has 0 fully saturated rings. The van der Waals surface area contributed by atoms with Crippen molar-refractivity contribution in [3.63, 3.8) is 0 Å². The van der Waals surface area contributed by atoms with Crippen molar-refractivity contribution < 1.29 is 4.79 Å². The van der Waals surface area contributed by atoms with Gasteiger partial charge in [-0.3, -0.25) is 4.79 Å². The summed E-state index contributed by atoms with van der Waals surface area (Å²) in [6.45, 7) is 4.43. The van der Waals surface area contributed by atoms with Crippen molar-refractivity contribution in [1.82, 2.24) is 15.6 Å². The molecule has 112 valence electrons. The number of amides is 1. The molecule has 4 nitrogen and oxygen atoms in total. The predicted molar refractivity (Wildman–Crippen MR) is 88.1 cm³/mol. The third-order valence-corrected chi connectivity index (χ3v) is 4.06. The largest absolute Gasteiger partial charge is 0.349 e. The lowest BCUT2D eigenvalue weighted by Gasteiger charge is -2.04. The number of hydrogen-bond donors (Lipinski definition) is 2. The van der Waals surface area contributed by atoms with E-state index in [-0.39, 0.29) is 5.91 Å². The molecule has 0 atom stereocenters. The monoisotopic (exact) mass is 323 g/mol. The van der Waals surface area contributed by atoms with Crippen molar-refractivity contribution in [3.05, 3.63) is 40.4 Å². The second-order valence-corrected chi connectivity index (χ2v) is 5.79. The van der Waals surface area contributed by atoms with E-state index in [1.54, 1.807) is 5.38 Å². The fourth-order valence-corrected chi connectivity index (χ4v) is 2.91. The zero-order valence-electron chi connectivity index (χ0n) is 11.9. The van der Waals surface area contributed by atoms with Crippen molar-refractivity contribution in [2.24, 2.45) is 0 Å². The average Bonchev–Trinajstić information content (AvgIpc) is 2.97. The number of rotatable bonds is 7. The van der Waals surface area contributed by atoms with Crippen LogP contribution in [0.4, 0.5) is 0 Å². The molecule has 0 saturated heterocycles. The minimum absolute atomic E-state index is 0.150. The minimum Gasteiger partial charge on any atom is -0.349 e. The zero-order valence-corrected chi connectivity index (χ0v) is 13.4. The van der Waals surface area contributed by atoms with E-state index in [9.17, 15) is 4.79 Å². The molecule has 0 saturated carbocycles. The lowest BCUT2D eigenvalue weighted by atomic mass is 10.2. The first-order valence-electron chi connectivity index (χ1n) is 6.91. The number of benzene rings is 1. The van der Waals surface area contributed by atoms with E-state index in [1.807, 2.05) is 24.3 Å². The number of carbonyl (C=O) groups excluding carboxylic acids is 1. The first-order valence-corrected chi connectivity index (χ1v) is 8.17. The van der Waals surface area contributed by atoms with Gasteiger partial charge in [0.1, 0.15) is 10.7 Å². The van der Waals surface area contributed by atoms with Gasteiger partial charge in [0.2, 0.25) is 0 Å². The van der Waals surface area contributed by atoms with Crippen LogP contribution in [0.25, 0.3) is 10.6 Å².